The van der Waals surface area contributed by atoms with Gasteiger partial charge in [0.1, 0.15) is 0 Å². The van der Waals surface area contributed by atoms with Gasteiger partial charge in [0.05, 0.1) is 18.6 Å². The van der Waals surface area contributed by atoms with E-state index >= 15 is 0 Å². The van der Waals surface area contributed by atoms with E-state index in [9.17, 15) is 26.8 Å². The largest absolute Gasteiger partial charge is 0.493 e. The Labute approximate surface area is 196 Å². The summed E-state index contributed by atoms with van der Waals surface area (Å²) in [6.07, 6.45) is 0.878. The van der Waals surface area contributed by atoms with Crippen LogP contribution in [0, 0.1) is 0 Å². The number of methoxy groups -OCH3 is 1. The molecule has 0 atom stereocenters. The molecule has 0 bridgehead atoms. The van der Waals surface area contributed by atoms with Crippen LogP contribution in [0.5, 0.6) is 11.5 Å². The van der Waals surface area contributed by atoms with E-state index < -0.39 is 22.5 Å². The maximum atomic E-state index is 12.5. The summed E-state index contributed by atoms with van der Waals surface area (Å²) in [5, 5.41) is 2.49. The summed E-state index contributed by atoms with van der Waals surface area (Å²) < 4.78 is 61.7. The lowest BCUT2D eigenvalue weighted by molar-refractivity contribution is -0.131. The lowest BCUT2D eigenvalue weighted by Gasteiger charge is -2.32. The molecule has 12 heteroatoms. The maximum Gasteiger partial charge on any atom is 0.387 e. The van der Waals surface area contributed by atoms with E-state index in [1.807, 2.05) is 0 Å². The summed E-state index contributed by atoms with van der Waals surface area (Å²) in [6, 6.07) is 11.4. The van der Waals surface area contributed by atoms with Crippen LogP contribution >= 0.6 is 0 Å². The van der Waals surface area contributed by atoms with Crippen LogP contribution < -0.4 is 19.5 Å². The molecule has 2 amide bonds. The van der Waals surface area contributed by atoms with E-state index in [0.717, 1.165) is 0 Å². The third kappa shape index (κ3) is 6.64. The van der Waals surface area contributed by atoms with Gasteiger partial charge in [-0.1, -0.05) is 18.2 Å². The number of alkyl halides is 2. The lowest BCUT2D eigenvalue weighted by Crippen LogP contribution is -2.48. The normalized spacial score (nSPS) is 14.6. The zero-order valence-corrected chi connectivity index (χ0v) is 19.2. The van der Waals surface area contributed by atoms with Gasteiger partial charge in [0.25, 0.3) is 5.91 Å². The third-order valence-corrected chi connectivity index (χ3v) is 6.80. The molecule has 1 heterocycles. The van der Waals surface area contributed by atoms with Crippen molar-refractivity contribution >= 4 is 21.8 Å². The number of hydrogen-bond donors (Lipinski definition) is 2. The molecule has 34 heavy (non-hydrogen) atoms. The quantitative estimate of drug-likeness (QED) is 0.548. The molecule has 2 aromatic rings. The highest BCUT2D eigenvalue weighted by Crippen LogP contribution is 2.29. The lowest BCUT2D eigenvalue weighted by atomic mass is 10.1. The minimum Gasteiger partial charge on any atom is -0.493 e. The molecule has 3 rings (SSSR count). The van der Waals surface area contributed by atoms with Gasteiger partial charge in [-0.2, -0.15) is 8.78 Å². The first-order valence-corrected chi connectivity index (χ1v) is 11.9. The van der Waals surface area contributed by atoms with Crippen LogP contribution in [-0.4, -0.2) is 64.5 Å². The second-order valence-corrected chi connectivity index (χ2v) is 9.23. The number of piperidine rings is 1. The van der Waals surface area contributed by atoms with Gasteiger partial charge in [-0.05, 0) is 43.2 Å². The molecule has 0 spiro atoms. The Hall–Kier alpha value is -3.25. The third-order valence-electron chi connectivity index (χ3n) is 5.27. The average Bonchev–Trinajstić information content (AvgIpc) is 2.83. The van der Waals surface area contributed by atoms with E-state index in [0.29, 0.717) is 25.9 Å². The highest BCUT2D eigenvalue weighted by molar-refractivity contribution is 7.89. The fourth-order valence-electron chi connectivity index (χ4n) is 3.51. The van der Waals surface area contributed by atoms with Crippen LogP contribution in [0.25, 0.3) is 0 Å². The first-order valence-electron chi connectivity index (χ1n) is 10.5. The van der Waals surface area contributed by atoms with E-state index in [4.69, 9.17) is 4.74 Å². The van der Waals surface area contributed by atoms with Crippen LogP contribution in [0.4, 0.5) is 8.78 Å². The van der Waals surface area contributed by atoms with Crippen molar-refractivity contribution in [3.8, 4) is 11.5 Å². The summed E-state index contributed by atoms with van der Waals surface area (Å²) in [5.41, 5.74) is 0.111. The number of carbonyl (C=O) groups is 2. The summed E-state index contributed by atoms with van der Waals surface area (Å²) in [4.78, 5) is 26.6. The summed E-state index contributed by atoms with van der Waals surface area (Å²) in [7, 11) is -2.38. The highest BCUT2D eigenvalue weighted by atomic mass is 32.2. The molecular formula is C22H25F2N3O6S. The number of benzene rings is 2. The van der Waals surface area contributed by atoms with Crippen molar-refractivity contribution in [2.45, 2.75) is 30.4 Å². The fourth-order valence-corrected chi connectivity index (χ4v) is 4.83. The van der Waals surface area contributed by atoms with Gasteiger partial charge in [0.15, 0.2) is 11.5 Å². The maximum absolute atomic E-state index is 12.5. The number of amides is 2. The molecule has 1 saturated heterocycles. The molecule has 1 fully saturated rings. The van der Waals surface area contributed by atoms with E-state index in [2.05, 4.69) is 14.8 Å². The number of nitrogens with one attached hydrogen (secondary N) is 2. The molecule has 1 aliphatic heterocycles. The molecule has 2 aromatic carbocycles. The number of halogens is 2. The van der Waals surface area contributed by atoms with Gasteiger partial charge >= 0.3 is 6.61 Å². The SMILES string of the molecule is COc1cc(C(=O)NCC(=O)N2CCC(NS(=O)(=O)c3ccccc3)CC2)ccc1OC(F)F. The predicted molar refractivity (Wildman–Crippen MR) is 118 cm³/mol. The van der Waals surface area contributed by atoms with Crippen molar-refractivity contribution in [3.05, 3.63) is 54.1 Å². The smallest absolute Gasteiger partial charge is 0.387 e. The zero-order valence-electron chi connectivity index (χ0n) is 18.4. The van der Waals surface area contributed by atoms with Crippen molar-refractivity contribution in [1.82, 2.24) is 14.9 Å². The number of hydrogen-bond acceptors (Lipinski definition) is 6. The van der Waals surface area contributed by atoms with Gasteiger partial charge in [-0.15, -0.1) is 0 Å². The van der Waals surface area contributed by atoms with Gasteiger partial charge in [-0.25, -0.2) is 13.1 Å². The zero-order chi connectivity index (χ0) is 24.7. The van der Waals surface area contributed by atoms with Crippen LogP contribution in [0.1, 0.15) is 23.2 Å². The molecule has 0 unspecified atom stereocenters. The summed E-state index contributed by atoms with van der Waals surface area (Å²) in [5.74, 6) is -1.15. The van der Waals surface area contributed by atoms with Crippen molar-refractivity contribution in [3.63, 3.8) is 0 Å². The first-order chi connectivity index (χ1) is 16.2. The van der Waals surface area contributed by atoms with Gasteiger partial charge in [0.2, 0.25) is 15.9 Å². The van der Waals surface area contributed by atoms with Gasteiger partial charge in [-0.3, -0.25) is 9.59 Å². The number of ether oxygens (including phenoxy) is 2. The molecule has 0 aliphatic carbocycles. The second-order valence-electron chi connectivity index (χ2n) is 7.52. The van der Waals surface area contributed by atoms with Crippen molar-refractivity contribution < 1.29 is 36.3 Å². The Bertz CT molecular complexity index is 1110. The average molecular weight is 498 g/mol. The van der Waals surface area contributed by atoms with E-state index in [1.165, 1.54) is 37.4 Å². The Kier molecular flexibility index (Phi) is 8.40. The Balaban J connectivity index is 1.48. The number of sulfonamides is 1. The molecular weight excluding hydrogens is 472 g/mol. The molecule has 2 N–H and O–H groups in total. The first kappa shape index (κ1) is 25.4. The molecule has 184 valence electrons. The minimum atomic E-state index is -3.64. The molecule has 0 radical (unpaired) electrons. The number of nitrogens with zero attached hydrogens (tertiary/aromatic N) is 1. The standard InChI is InChI=1S/C22H25F2N3O6S/c1-32-19-13-15(7-8-18(19)33-22(23)24)21(29)25-14-20(28)27-11-9-16(10-12-27)26-34(30,31)17-5-3-2-4-6-17/h2-8,13,16,22,26H,9-12,14H2,1H3,(H,25,29). The topological polar surface area (TPSA) is 114 Å². The van der Waals surface area contributed by atoms with Crippen molar-refractivity contribution in [2.24, 2.45) is 0 Å². The minimum absolute atomic E-state index is 0.0423. The van der Waals surface area contributed by atoms with Gasteiger partial charge in [0, 0.05) is 24.7 Å². The van der Waals surface area contributed by atoms with Crippen molar-refractivity contribution in [1.29, 1.82) is 0 Å². The Morgan fingerprint density at radius 3 is 2.38 bits per heavy atom. The second kappa shape index (κ2) is 11.3. The monoisotopic (exact) mass is 497 g/mol. The highest BCUT2D eigenvalue weighted by Gasteiger charge is 2.27. The number of rotatable bonds is 9. The molecule has 1 aliphatic rings. The summed E-state index contributed by atoms with van der Waals surface area (Å²) >= 11 is 0. The van der Waals surface area contributed by atoms with Crippen LogP contribution in [-0.2, 0) is 14.8 Å². The van der Waals surface area contributed by atoms with Crippen LogP contribution in [0.15, 0.2) is 53.4 Å². The van der Waals surface area contributed by atoms with Gasteiger partial charge < -0.3 is 19.7 Å². The predicted octanol–water partition coefficient (Wildman–Crippen LogP) is 2.00. The number of likely N-dealkylation sites (tertiary alicyclic amines) is 1. The van der Waals surface area contributed by atoms with Crippen LogP contribution in [0.2, 0.25) is 0 Å². The summed E-state index contributed by atoms with van der Waals surface area (Å²) in [6.45, 7) is -2.63. The molecule has 0 aromatic heterocycles. The fraction of sp³-hybridized carbons (Fsp3) is 0.364. The van der Waals surface area contributed by atoms with E-state index in [1.54, 1.807) is 23.1 Å². The van der Waals surface area contributed by atoms with E-state index in [-0.39, 0.29) is 40.5 Å². The molecule has 9 nitrogen and oxygen atoms in total. The Morgan fingerprint density at radius 1 is 1.09 bits per heavy atom. The Morgan fingerprint density at radius 2 is 1.76 bits per heavy atom. The molecule has 0 saturated carbocycles. The van der Waals surface area contributed by atoms with Crippen molar-refractivity contribution in [2.75, 3.05) is 26.7 Å². The number of carbonyl (C=O) groups excluding carboxylic acids is 2. The van der Waals surface area contributed by atoms with Crippen LogP contribution in [0.3, 0.4) is 0 Å².